The van der Waals surface area contributed by atoms with Gasteiger partial charge < -0.3 is 4.43 Å². The summed E-state index contributed by atoms with van der Waals surface area (Å²) in [6.45, 7) is 19.6. The van der Waals surface area contributed by atoms with Crippen molar-refractivity contribution in [1.82, 2.24) is 0 Å². The highest BCUT2D eigenvalue weighted by Gasteiger charge is 2.32. The normalized spacial score (nSPS) is 15.6. The quantitative estimate of drug-likeness (QED) is 0.339. The molecule has 1 atom stereocenters. The van der Waals surface area contributed by atoms with Gasteiger partial charge in [-0.2, -0.15) is 0 Å². The van der Waals surface area contributed by atoms with Gasteiger partial charge in [0.15, 0.2) is 0 Å². The van der Waals surface area contributed by atoms with Gasteiger partial charge in [0.05, 0.1) is 0 Å². The Bertz CT molecular complexity index is 296. The van der Waals surface area contributed by atoms with Crippen LogP contribution < -0.4 is 0 Å². The van der Waals surface area contributed by atoms with Crippen molar-refractivity contribution < 1.29 is 4.43 Å². The third kappa shape index (κ3) is 12.9. The first-order chi connectivity index (χ1) is 9.22. The molecule has 1 unspecified atom stereocenters. The van der Waals surface area contributed by atoms with Crippen LogP contribution in [-0.4, -0.2) is 14.3 Å². The molecule has 0 aromatic carbocycles. The second-order valence-corrected chi connectivity index (χ2v) is 13.4. The lowest BCUT2D eigenvalue weighted by molar-refractivity contribution is 0.112. The highest BCUT2D eigenvalue weighted by molar-refractivity contribution is 7.30. The molecule has 0 aromatic heterocycles. The molecule has 0 saturated heterocycles. The molecule has 0 aromatic rings. The Morgan fingerprint density at radius 2 is 1.43 bits per heavy atom. The van der Waals surface area contributed by atoms with Gasteiger partial charge in [-0.3, -0.25) is 0 Å². The summed E-state index contributed by atoms with van der Waals surface area (Å²) in [4.78, 5) is 0. The fraction of sp³-hybridized carbons (Fsp3) is 1.00. The van der Waals surface area contributed by atoms with Crippen LogP contribution in [0.3, 0.4) is 0 Å². The standard InChI is InChI=1S/C17H36Cl2OSi/c1-14(9-10-20-21(18)19)11-16(5,6)13-17(7,8)12-15(2,3)4/h14,21H,9-13H2,1-8H3. The minimum absolute atomic E-state index is 0.354. The molecule has 128 valence electrons. The molecule has 0 heterocycles. The molecule has 21 heavy (non-hydrogen) atoms. The predicted molar refractivity (Wildman–Crippen MR) is 99.5 cm³/mol. The minimum atomic E-state index is -1.90. The van der Waals surface area contributed by atoms with Crippen LogP contribution in [0.15, 0.2) is 0 Å². The third-order valence-electron chi connectivity index (χ3n) is 3.72. The van der Waals surface area contributed by atoms with Gasteiger partial charge in [0.25, 0.3) is 0 Å². The molecule has 0 bridgehead atoms. The van der Waals surface area contributed by atoms with E-state index in [1.165, 1.54) is 19.3 Å². The van der Waals surface area contributed by atoms with Crippen LogP contribution in [0.1, 0.15) is 81.1 Å². The lowest BCUT2D eigenvalue weighted by atomic mass is 9.66. The van der Waals surface area contributed by atoms with E-state index in [1.807, 2.05) is 0 Å². The number of halogens is 2. The maximum absolute atomic E-state index is 5.73. The molecule has 0 radical (unpaired) electrons. The van der Waals surface area contributed by atoms with Gasteiger partial charge in [-0.1, -0.05) is 55.4 Å². The van der Waals surface area contributed by atoms with Crippen molar-refractivity contribution in [2.45, 2.75) is 81.1 Å². The lowest BCUT2D eigenvalue weighted by Crippen LogP contribution is -2.28. The molecule has 0 N–H and O–H groups in total. The molecular formula is C17H36Cl2OSi. The second-order valence-electron chi connectivity index (χ2n) is 9.47. The Hall–Kier alpha value is 0.757. The Morgan fingerprint density at radius 1 is 0.905 bits per heavy atom. The Kier molecular flexibility index (Phi) is 8.87. The van der Waals surface area contributed by atoms with Crippen LogP contribution in [0.5, 0.6) is 0 Å². The van der Waals surface area contributed by atoms with Gasteiger partial charge in [-0.15, -0.1) is 22.2 Å². The van der Waals surface area contributed by atoms with Gasteiger partial charge in [0.2, 0.25) is 0 Å². The summed E-state index contributed by atoms with van der Waals surface area (Å²) < 4.78 is 5.36. The summed E-state index contributed by atoms with van der Waals surface area (Å²) >= 11 is 11.5. The van der Waals surface area contributed by atoms with Crippen LogP contribution in [0.25, 0.3) is 0 Å². The van der Waals surface area contributed by atoms with Crippen molar-refractivity contribution in [3.63, 3.8) is 0 Å². The average molecular weight is 355 g/mol. The van der Waals surface area contributed by atoms with Crippen LogP contribution in [-0.2, 0) is 4.43 Å². The first-order valence-corrected chi connectivity index (χ1v) is 12.1. The molecule has 0 aliphatic heterocycles. The van der Waals surface area contributed by atoms with Gasteiger partial charge in [-0.25, -0.2) is 0 Å². The Morgan fingerprint density at radius 3 is 1.86 bits per heavy atom. The van der Waals surface area contributed by atoms with Gasteiger partial charge in [0, 0.05) is 6.61 Å². The van der Waals surface area contributed by atoms with E-state index in [-0.39, 0.29) is 0 Å². The molecule has 0 aliphatic rings. The molecule has 0 fully saturated rings. The van der Waals surface area contributed by atoms with Crippen molar-refractivity contribution in [2.75, 3.05) is 6.61 Å². The number of rotatable bonds is 9. The number of hydrogen-bond acceptors (Lipinski definition) is 1. The van der Waals surface area contributed by atoms with E-state index in [4.69, 9.17) is 26.6 Å². The predicted octanol–water partition coefficient (Wildman–Crippen LogP) is 6.49. The molecule has 0 amide bonds. The maximum Gasteiger partial charge on any atom is 0.373 e. The molecule has 0 spiro atoms. The van der Waals surface area contributed by atoms with E-state index in [0.29, 0.717) is 28.8 Å². The summed E-state index contributed by atoms with van der Waals surface area (Å²) in [5, 5.41) is 0. The van der Waals surface area contributed by atoms with Crippen molar-refractivity contribution in [3.05, 3.63) is 0 Å². The topological polar surface area (TPSA) is 9.23 Å². The zero-order valence-corrected chi connectivity index (χ0v) is 18.0. The first kappa shape index (κ1) is 21.8. The Labute approximate surface area is 144 Å². The lowest BCUT2D eigenvalue weighted by Gasteiger charge is -2.40. The summed E-state index contributed by atoms with van der Waals surface area (Å²) in [7, 11) is -1.90. The largest absolute Gasteiger partial charge is 0.395 e. The van der Waals surface area contributed by atoms with E-state index >= 15 is 0 Å². The summed E-state index contributed by atoms with van der Waals surface area (Å²) in [6.07, 6.45) is 4.78. The highest BCUT2D eigenvalue weighted by Crippen LogP contribution is 2.44. The molecule has 0 saturated carbocycles. The van der Waals surface area contributed by atoms with Crippen molar-refractivity contribution in [2.24, 2.45) is 22.2 Å². The third-order valence-corrected chi connectivity index (χ3v) is 4.97. The fourth-order valence-electron chi connectivity index (χ4n) is 4.27. The van der Waals surface area contributed by atoms with Crippen LogP contribution in [0.2, 0.25) is 0 Å². The smallest absolute Gasteiger partial charge is 0.373 e. The summed E-state index contributed by atoms with van der Waals surface area (Å²) in [6, 6.07) is 0. The van der Waals surface area contributed by atoms with Crippen LogP contribution in [0, 0.1) is 22.2 Å². The first-order valence-electron chi connectivity index (χ1n) is 8.12. The molecule has 0 rings (SSSR count). The van der Waals surface area contributed by atoms with Gasteiger partial charge >= 0.3 is 7.66 Å². The van der Waals surface area contributed by atoms with E-state index in [1.54, 1.807) is 0 Å². The van der Waals surface area contributed by atoms with E-state index in [2.05, 4.69) is 55.4 Å². The minimum Gasteiger partial charge on any atom is -0.395 e. The Balaban J connectivity index is 4.34. The molecule has 4 heteroatoms. The van der Waals surface area contributed by atoms with Crippen molar-refractivity contribution in [3.8, 4) is 0 Å². The van der Waals surface area contributed by atoms with E-state index < -0.39 is 7.66 Å². The molecule has 1 nitrogen and oxygen atoms in total. The highest BCUT2D eigenvalue weighted by atomic mass is 35.7. The van der Waals surface area contributed by atoms with Crippen LogP contribution >= 0.6 is 22.2 Å². The zero-order chi connectivity index (χ0) is 16.9. The number of hydrogen-bond donors (Lipinski definition) is 0. The molecule has 0 aliphatic carbocycles. The van der Waals surface area contributed by atoms with Crippen molar-refractivity contribution in [1.29, 1.82) is 0 Å². The molecular weight excluding hydrogens is 319 g/mol. The van der Waals surface area contributed by atoms with Crippen molar-refractivity contribution >= 4 is 29.8 Å². The SMILES string of the molecule is CC(CCO[SiH](Cl)Cl)CC(C)(C)CC(C)(C)CC(C)(C)C. The monoisotopic (exact) mass is 354 g/mol. The van der Waals surface area contributed by atoms with Gasteiger partial charge in [0.1, 0.15) is 0 Å². The summed E-state index contributed by atoms with van der Waals surface area (Å²) in [5.74, 6) is 0.645. The maximum atomic E-state index is 5.73. The van der Waals surface area contributed by atoms with Crippen LogP contribution in [0.4, 0.5) is 0 Å². The van der Waals surface area contributed by atoms with E-state index in [9.17, 15) is 0 Å². The second kappa shape index (κ2) is 8.56. The van der Waals surface area contributed by atoms with Gasteiger partial charge in [-0.05, 0) is 47.8 Å². The zero-order valence-electron chi connectivity index (χ0n) is 15.4. The van der Waals surface area contributed by atoms with E-state index in [0.717, 1.165) is 6.42 Å². The fourth-order valence-corrected chi connectivity index (χ4v) is 5.12. The average Bonchev–Trinajstić information content (AvgIpc) is 2.08. The summed E-state index contributed by atoms with van der Waals surface area (Å²) in [5.41, 5.74) is 1.12.